The SMILES string of the molecule is Cl.N[C@@H]1CCCC[C@H]1NC(=O)c1cc(S(=O)(=O)N2CCCC2)ccc1Cl. The summed E-state index contributed by atoms with van der Waals surface area (Å²) in [6.45, 7) is 1.03. The highest BCUT2D eigenvalue weighted by atomic mass is 35.5. The molecule has 9 heteroatoms. The normalized spacial score (nSPS) is 24.1. The van der Waals surface area contributed by atoms with Gasteiger partial charge in [-0.3, -0.25) is 4.79 Å². The van der Waals surface area contributed by atoms with Gasteiger partial charge in [-0.15, -0.1) is 12.4 Å². The molecule has 0 bridgehead atoms. The predicted molar refractivity (Wildman–Crippen MR) is 104 cm³/mol. The molecule has 0 aromatic heterocycles. The summed E-state index contributed by atoms with van der Waals surface area (Å²) in [5, 5.41) is 3.16. The molecule has 1 amide bonds. The second kappa shape index (κ2) is 8.89. The van der Waals surface area contributed by atoms with Gasteiger partial charge in [0, 0.05) is 25.2 Å². The van der Waals surface area contributed by atoms with E-state index in [2.05, 4.69) is 5.32 Å². The van der Waals surface area contributed by atoms with E-state index in [0.29, 0.717) is 13.1 Å². The van der Waals surface area contributed by atoms with Gasteiger partial charge in [-0.05, 0) is 43.9 Å². The lowest BCUT2D eigenvalue weighted by Gasteiger charge is -2.29. The van der Waals surface area contributed by atoms with E-state index in [4.69, 9.17) is 17.3 Å². The van der Waals surface area contributed by atoms with Crippen molar-refractivity contribution >= 4 is 39.9 Å². The number of rotatable bonds is 4. The third-order valence-corrected chi connectivity index (χ3v) is 7.25. The summed E-state index contributed by atoms with van der Waals surface area (Å²) in [6, 6.07) is 4.13. The number of carbonyl (C=O) groups is 1. The number of nitrogens with two attached hydrogens (primary N) is 1. The molecule has 0 spiro atoms. The maximum absolute atomic E-state index is 12.7. The topological polar surface area (TPSA) is 92.5 Å². The van der Waals surface area contributed by atoms with E-state index in [0.717, 1.165) is 38.5 Å². The predicted octanol–water partition coefficient (Wildman–Crippen LogP) is 2.55. The molecular formula is C17H25Cl2N3O3S. The van der Waals surface area contributed by atoms with Crippen LogP contribution in [0.15, 0.2) is 23.1 Å². The summed E-state index contributed by atoms with van der Waals surface area (Å²) >= 11 is 6.15. The maximum atomic E-state index is 12.7. The molecule has 1 saturated carbocycles. The summed E-state index contributed by atoms with van der Waals surface area (Å²) in [4.78, 5) is 12.7. The van der Waals surface area contributed by atoms with Crippen molar-refractivity contribution < 1.29 is 13.2 Å². The highest BCUT2D eigenvalue weighted by molar-refractivity contribution is 7.89. The lowest BCUT2D eigenvalue weighted by atomic mass is 9.91. The van der Waals surface area contributed by atoms with E-state index in [9.17, 15) is 13.2 Å². The first-order valence-electron chi connectivity index (χ1n) is 8.76. The van der Waals surface area contributed by atoms with Crippen LogP contribution in [0.4, 0.5) is 0 Å². The smallest absolute Gasteiger partial charge is 0.253 e. The fraction of sp³-hybridized carbons (Fsp3) is 0.588. The number of halogens is 2. The fourth-order valence-electron chi connectivity index (χ4n) is 3.50. The molecule has 0 radical (unpaired) electrons. The van der Waals surface area contributed by atoms with E-state index in [1.54, 1.807) is 0 Å². The molecule has 146 valence electrons. The number of hydrogen-bond acceptors (Lipinski definition) is 4. The van der Waals surface area contributed by atoms with Crippen LogP contribution in [-0.2, 0) is 10.0 Å². The molecule has 3 N–H and O–H groups in total. The third-order valence-electron chi connectivity index (χ3n) is 5.02. The molecule has 1 heterocycles. The van der Waals surface area contributed by atoms with Gasteiger partial charge >= 0.3 is 0 Å². The molecule has 2 fully saturated rings. The molecule has 2 atom stereocenters. The number of sulfonamides is 1. The molecule has 2 aliphatic rings. The van der Waals surface area contributed by atoms with Gasteiger partial charge in [0.25, 0.3) is 5.91 Å². The fourth-order valence-corrected chi connectivity index (χ4v) is 5.25. The Balaban J connectivity index is 0.00000243. The Kier molecular flexibility index (Phi) is 7.33. The molecular weight excluding hydrogens is 397 g/mol. The summed E-state index contributed by atoms with van der Waals surface area (Å²) in [5.41, 5.74) is 6.26. The Morgan fingerprint density at radius 3 is 2.46 bits per heavy atom. The van der Waals surface area contributed by atoms with Crippen molar-refractivity contribution in [3.8, 4) is 0 Å². The summed E-state index contributed by atoms with van der Waals surface area (Å²) in [5.74, 6) is -0.370. The van der Waals surface area contributed by atoms with Crippen molar-refractivity contribution in [1.82, 2.24) is 9.62 Å². The van der Waals surface area contributed by atoms with Gasteiger partial charge in [-0.25, -0.2) is 8.42 Å². The quantitative estimate of drug-likeness (QED) is 0.780. The average Bonchev–Trinajstić information content (AvgIpc) is 3.12. The minimum absolute atomic E-state index is 0. The third kappa shape index (κ3) is 4.51. The van der Waals surface area contributed by atoms with Crippen molar-refractivity contribution in [2.75, 3.05) is 13.1 Å². The van der Waals surface area contributed by atoms with Gasteiger partial charge in [-0.1, -0.05) is 24.4 Å². The zero-order valence-corrected chi connectivity index (χ0v) is 16.9. The van der Waals surface area contributed by atoms with E-state index in [-0.39, 0.29) is 45.9 Å². The van der Waals surface area contributed by atoms with Crippen LogP contribution in [0.2, 0.25) is 5.02 Å². The second-order valence-electron chi connectivity index (χ2n) is 6.78. The first kappa shape index (κ1) is 21.4. The summed E-state index contributed by atoms with van der Waals surface area (Å²) in [6.07, 6.45) is 5.52. The number of nitrogens with one attached hydrogen (secondary N) is 1. The number of amides is 1. The standard InChI is InChI=1S/C17H24ClN3O3S.ClH/c18-14-8-7-12(25(23,24)21-9-3-4-10-21)11-13(14)17(22)20-16-6-2-1-5-15(16)19;/h7-8,11,15-16H,1-6,9-10,19H2,(H,20,22);1H/t15-,16-;/m1./s1. The zero-order valence-electron chi connectivity index (χ0n) is 14.5. The average molecular weight is 422 g/mol. The molecule has 1 aromatic rings. The number of hydrogen-bond donors (Lipinski definition) is 2. The van der Waals surface area contributed by atoms with Crippen molar-refractivity contribution in [1.29, 1.82) is 0 Å². The van der Waals surface area contributed by atoms with Crippen LogP contribution in [0.1, 0.15) is 48.9 Å². The summed E-state index contributed by atoms with van der Waals surface area (Å²) < 4.78 is 26.8. The van der Waals surface area contributed by atoms with E-state index >= 15 is 0 Å². The first-order valence-corrected chi connectivity index (χ1v) is 10.6. The van der Waals surface area contributed by atoms with Gasteiger partial charge < -0.3 is 11.1 Å². The van der Waals surface area contributed by atoms with Crippen LogP contribution in [0, 0.1) is 0 Å². The molecule has 0 unspecified atom stereocenters. The van der Waals surface area contributed by atoms with Crippen LogP contribution in [0.25, 0.3) is 0 Å². The van der Waals surface area contributed by atoms with Crippen molar-refractivity contribution in [3.05, 3.63) is 28.8 Å². The Hall–Kier alpha value is -0.860. The van der Waals surface area contributed by atoms with Crippen LogP contribution in [0.5, 0.6) is 0 Å². The largest absolute Gasteiger partial charge is 0.348 e. The number of carbonyl (C=O) groups excluding carboxylic acids is 1. The van der Waals surface area contributed by atoms with Crippen molar-refractivity contribution in [2.24, 2.45) is 5.73 Å². The first-order chi connectivity index (χ1) is 11.9. The van der Waals surface area contributed by atoms with E-state index in [1.165, 1.54) is 22.5 Å². The van der Waals surface area contributed by atoms with Gasteiger partial charge in [0.05, 0.1) is 15.5 Å². The highest BCUT2D eigenvalue weighted by Crippen LogP contribution is 2.26. The van der Waals surface area contributed by atoms with Gasteiger partial charge in [0.15, 0.2) is 0 Å². The Labute approximate surface area is 165 Å². The van der Waals surface area contributed by atoms with Crippen LogP contribution < -0.4 is 11.1 Å². The minimum atomic E-state index is -3.59. The van der Waals surface area contributed by atoms with Crippen molar-refractivity contribution in [3.63, 3.8) is 0 Å². The van der Waals surface area contributed by atoms with Gasteiger partial charge in [0.2, 0.25) is 10.0 Å². The molecule has 1 aromatic carbocycles. The highest BCUT2D eigenvalue weighted by Gasteiger charge is 2.29. The molecule has 26 heavy (non-hydrogen) atoms. The lowest BCUT2D eigenvalue weighted by Crippen LogP contribution is -2.49. The van der Waals surface area contributed by atoms with Crippen LogP contribution in [0.3, 0.4) is 0 Å². The number of benzene rings is 1. The monoisotopic (exact) mass is 421 g/mol. The van der Waals surface area contributed by atoms with Crippen LogP contribution >= 0.6 is 24.0 Å². The molecule has 1 aliphatic heterocycles. The van der Waals surface area contributed by atoms with E-state index in [1.807, 2.05) is 0 Å². The Morgan fingerprint density at radius 2 is 1.81 bits per heavy atom. The maximum Gasteiger partial charge on any atom is 0.253 e. The Bertz CT molecular complexity index is 752. The van der Waals surface area contributed by atoms with Crippen LogP contribution in [-0.4, -0.2) is 43.8 Å². The van der Waals surface area contributed by atoms with Gasteiger partial charge in [-0.2, -0.15) is 4.31 Å². The molecule has 1 aliphatic carbocycles. The Morgan fingerprint density at radius 1 is 1.15 bits per heavy atom. The van der Waals surface area contributed by atoms with E-state index < -0.39 is 10.0 Å². The zero-order chi connectivity index (χ0) is 18.0. The lowest BCUT2D eigenvalue weighted by molar-refractivity contribution is 0.0921. The van der Waals surface area contributed by atoms with Gasteiger partial charge in [0.1, 0.15) is 0 Å². The van der Waals surface area contributed by atoms with Crippen molar-refractivity contribution in [2.45, 2.75) is 55.5 Å². The molecule has 1 saturated heterocycles. The minimum Gasteiger partial charge on any atom is -0.348 e. The summed E-state index contributed by atoms with van der Waals surface area (Å²) in [7, 11) is -3.59. The number of nitrogens with zero attached hydrogens (tertiary/aromatic N) is 1. The molecule has 3 rings (SSSR count). The second-order valence-corrected chi connectivity index (χ2v) is 9.13. The molecule has 6 nitrogen and oxygen atoms in total.